The SMILES string of the molecule is O=C(Nc1cc(Cl)c(Br)cn1)Nc1ccn[nH]1. The summed E-state index contributed by atoms with van der Waals surface area (Å²) in [6, 6.07) is 2.74. The monoisotopic (exact) mass is 315 g/mol. The van der Waals surface area contributed by atoms with Crippen molar-refractivity contribution in [3.8, 4) is 0 Å². The second kappa shape index (κ2) is 5.15. The van der Waals surface area contributed by atoms with Gasteiger partial charge in [0.15, 0.2) is 0 Å². The van der Waals surface area contributed by atoms with Gasteiger partial charge in [0.25, 0.3) is 0 Å². The molecule has 0 aromatic carbocycles. The molecule has 0 atom stereocenters. The van der Waals surface area contributed by atoms with Gasteiger partial charge in [-0.25, -0.2) is 9.78 Å². The summed E-state index contributed by atoms with van der Waals surface area (Å²) in [6.45, 7) is 0. The fourth-order valence-corrected chi connectivity index (χ4v) is 1.45. The van der Waals surface area contributed by atoms with Gasteiger partial charge in [0.05, 0.1) is 15.7 Å². The van der Waals surface area contributed by atoms with Crippen LogP contribution in [0.4, 0.5) is 16.4 Å². The molecule has 0 radical (unpaired) electrons. The van der Waals surface area contributed by atoms with Crippen LogP contribution in [-0.4, -0.2) is 21.2 Å². The second-order valence-corrected chi connectivity index (χ2v) is 4.29. The number of pyridine rings is 1. The second-order valence-electron chi connectivity index (χ2n) is 3.03. The average molecular weight is 317 g/mol. The number of hydrogen-bond acceptors (Lipinski definition) is 3. The van der Waals surface area contributed by atoms with Crippen LogP contribution in [0.2, 0.25) is 5.02 Å². The number of nitrogens with one attached hydrogen (secondary N) is 3. The fraction of sp³-hybridized carbons (Fsp3) is 0. The Labute approximate surface area is 110 Å². The van der Waals surface area contributed by atoms with Crippen molar-refractivity contribution < 1.29 is 4.79 Å². The van der Waals surface area contributed by atoms with E-state index in [1.165, 1.54) is 18.5 Å². The Bertz CT molecular complexity index is 530. The highest BCUT2D eigenvalue weighted by Crippen LogP contribution is 2.23. The van der Waals surface area contributed by atoms with Crippen LogP contribution < -0.4 is 10.6 Å². The van der Waals surface area contributed by atoms with Crippen LogP contribution in [-0.2, 0) is 0 Å². The van der Waals surface area contributed by atoms with Gasteiger partial charge < -0.3 is 0 Å². The molecule has 3 N–H and O–H groups in total. The maximum absolute atomic E-state index is 11.5. The molecule has 0 unspecified atom stereocenters. The molecule has 8 heteroatoms. The summed E-state index contributed by atoms with van der Waals surface area (Å²) in [5.41, 5.74) is 0. The lowest BCUT2D eigenvalue weighted by molar-refractivity contribution is 0.262. The molecule has 0 bridgehead atoms. The van der Waals surface area contributed by atoms with Crippen LogP contribution >= 0.6 is 27.5 Å². The highest BCUT2D eigenvalue weighted by Gasteiger charge is 2.06. The zero-order valence-corrected chi connectivity index (χ0v) is 10.7. The van der Waals surface area contributed by atoms with Crippen molar-refractivity contribution in [2.45, 2.75) is 0 Å². The summed E-state index contributed by atoms with van der Waals surface area (Å²) in [5.74, 6) is 0.848. The lowest BCUT2D eigenvalue weighted by Crippen LogP contribution is -2.20. The molecule has 2 heterocycles. The molecule has 2 aromatic rings. The Morgan fingerprint density at radius 1 is 1.47 bits per heavy atom. The van der Waals surface area contributed by atoms with Crippen LogP contribution in [0, 0.1) is 0 Å². The van der Waals surface area contributed by atoms with Gasteiger partial charge in [0, 0.05) is 18.3 Å². The van der Waals surface area contributed by atoms with Crippen molar-refractivity contribution in [1.29, 1.82) is 0 Å². The quantitative estimate of drug-likeness (QED) is 0.796. The Hall–Kier alpha value is -1.60. The third-order valence-corrected chi connectivity index (χ3v) is 2.97. The molecular weight excluding hydrogens is 309 g/mol. The number of halogens is 2. The number of H-pyrrole nitrogens is 1. The van der Waals surface area contributed by atoms with Gasteiger partial charge in [-0.3, -0.25) is 15.7 Å². The summed E-state index contributed by atoms with van der Waals surface area (Å²) in [7, 11) is 0. The minimum atomic E-state index is -0.430. The van der Waals surface area contributed by atoms with E-state index in [9.17, 15) is 4.79 Å². The lowest BCUT2D eigenvalue weighted by Gasteiger charge is -2.05. The number of aromatic nitrogens is 3. The first-order chi connectivity index (χ1) is 8.15. The molecular formula is C9H7BrClN5O. The first-order valence-corrected chi connectivity index (χ1v) is 5.70. The average Bonchev–Trinajstić information content (AvgIpc) is 2.76. The van der Waals surface area contributed by atoms with Crippen molar-refractivity contribution in [3.63, 3.8) is 0 Å². The summed E-state index contributed by atoms with van der Waals surface area (Å²) in [5, 5.41) is 11.8. The summed E-state index contributed by atoms with van der Waals surface area (Å²) in [6.07, 6.45) is 3.04. The Morgan fingerprint density at radius 2 is 2.29 bits per heavy atom. The standard InChI is InChI=1S/C9H7BrClN5O/c10-5-4-12-8(3-6(5)11)15-9(17)14-7-1-2-13-16-7/h1-4H,(H3,12,13,14,15,16,17). The van der Waals surface area contributed by atoms with E-state index in [4.69, 9.17) is 11.6 Å². The number of amides is 2. The van der Waals surface area contributed by atoms with Crippen molar-refractivity contribution in [1.82, 2.24) is 15.2 Å². The van der Waals surface area contributed by atoms with Gasteiger partial charge in [-0.15, -0.1) is 0 Å². The minimum Gasteiger partial charge on any atom is -0.292 e. The first kappa shape index (κ1) is 11.9. The topological polar surface area (TPSA) is 82.7 Å². The molecule has 2 amide bonds. The van der Waals surface area contributed by atoms with Crippen molar-refractivity contribution >= 4 is 45.2 Å². The van der Waals surface area contributed by atoms with Gasteiger partial charge in [-0.05, 0) is 15.9 Å². The van der Waals surface area contributed by atoms with Crippen molar-refractivity contribution in [3.05, 3.63) is 34.0 Å². The molecule has 0 saturated heterocycles. The molecule has 0 spiro atoms. The van der Waals surface area contributed by atoms with E-state index < -0.39 is 6.03 Å². The Morgan fingerprint density at radius 3 is 2.94 bits per heavy atom. The van der Waals surface area contributed by atoms with E-state index in [0.29, 0.717) is 21.1 Å². The number of rotatable bonds is 2. The van der Waals surface area contributed by atoms with Crippen LogP contribution in [0.25, 0.3) is 0 Å². The summed E-state index contributed by atoms with van der Waals surface area (Å²) >= 11 is 9.07. The zero-order chi connectivity index (χ0) is 12.3. The smallest absolute Gasteiger partial charge is 0.292 e. The third kappa shape index (κ3) is 3.18. The van der Waals surface area contributed by atoms with E-state index in [1.807, 2.05) is 0 Å². The van der Waals surface area contributed by atoms with E-state index >= 15 is 0 Å². The highest BCUT2D eigenvalue weighted by atomic mass is 79.9. The summed E-state index contributed by atoms with van der Waals surface area (Å²) < 4.78 is 0.665. The van der Waals surface area contributed by atoms with Crippen LogP contribution in [0.15, 0.2) is 29.0 Å². The fourth-order valence-electron chi connectivity index (χ4n) is 1.08. The molecule has 0 aliphatic rings. The molecule has 88 valence electrons. The van der Waals surface area contributed by atoms with Gasteiger partial charge in [0.2, 0.25) is 0 Å². The molecule has 0 aliphatic heterocycles. The van der Waals surface area contributed by atoms with Crippen molar-refractivity contribution in [2.24, 2.45) is 0 Å². The van der Waals surface area contributed by atoms with E-state index in [1.54, 1.807) is 6.07 Å². The lowest BCUT2D eigenvalue weighted by atomic mass is 10.4. The predicted molar refractivity (Wildman–Crippen MR) is 68.2 cm³/mol. The number of carbonyl (C=O) groups excluding carboxylic acids is 1. The van der Waals surface area contributed by atoms with Gasteiger partial charge in [-0.1, -0.05) is 11.6 Å². The van der Waals surface area contributed by atoms with E-state index in [-0.39, 0.29) is 0 Å². The van der Waals surface area contributed by atoms with Crippen molar-refractivity contribution in [2.75, 3.05) is 10.6 Å². The zero-order valence-electron chi connectivity index (χ0n) is 8.37. The molecule has 17 heavy (non-hydrogen) atoms. The van der Waals surface area contributed by atoms with Gasteiger partial charge >= 0.3 is 6.03 Å². The van der Waals surface area contributed by atoms with Gasteiger partial charge in [-0.2, -0.15) is 5.10 Å². The highest BCUT2D eigenvalue weighted by molar-refractivity contribution is 9.10. The van der Waals surface area contributed by atoms with Crippen LogP contribution in [0.3, 0.4) is 0 Å². The predicted octanol–water partition coefficient (Wildman–Crippen LogP) is 2.86. The maximum Gasteiger partial charge on any atom is 0.326 e. The molecule has 6 nitrogen and oxygen atoms in total. The molecule has 2 rings (SSSR count). The third-order valence-electron chi connectivity index (χ3n) is 1.80. The Kier molecular flexibility index (Phi) is 3.60. The number of urea groups is 1. The Balaban J connectivity index is 2.00. The number of nitrogens with zero attached hydrogens (tertiary/aromatic N) is 2. The number of carbonyl (C=O) groups is 1. The number of aromatic amines is 1. The van der Waals surface area contributed by atoms with Gasteiger partial charge in [0.1, 0.15) is 11.6 Å². The first-order valence-electron chi connectivity index (χ1n) is 4.53. The molecule has 0 aliphatic carbocycles. The van der Waals surface area contributed by atoms with E-state index in [2.05, 4.69) is 41.7 Å². The normalized spacial score (nSPS) is 10.0. The molecule has 0 fully saturated rings. The molecule has 2 aromatic heterocycles. The van der Waals surface area contributed by atoms with Crippen LogP contribution in [0.1, 0.15) is 0 Å². The molecule has 0 saturated carbocycles. The number of anilines is 2. The summed E-state index contributed by atoms with van der Waals surface area (Å²) in [4.78, 5) is 15.5. The number of hydrogen-bond donors (Lipinski definition) is 3. The maximum atomic E-state index is 11.5. The minimum absolute atomic E-state index is 0.357. The van der Waals surface area contributed by atoms with E-state index in [0.717, 1.165) is 0 Å². The largest absolute Gasteiger partial charge is 0.326 e. The van der Waals surface area contributed by atoms with Crippen LogP contribution in [0.5, 0.6) is 0 Å².